The van der Waals surface area contributed by atoms with E-state index in [9.17, 15) is 0 Å². The molecule has 48 heavy (non-hydrogen) atoms. The number of aryl methyl sites for hydroxylation is 6. The first-order valence-electron chi connectivity index (χ1n) is 19.9. The van der Waals surface area contributed by atoms with Crippen LogP contribution in [-0.4, -0.2) is 0 Å². The van der Waals surface area contributed by atoms with E-state index in [-0.39, 0.29) is 0 Å². The highest BCUT2D eigenvalue weighted by molar-refractivity contribution is 5.83. The van der Waals surface area contributed by atoms with Crippen LogP contribution in [0.3, 0.4) is 0 Å². The lowest BCUT2D eigenvalue weighted by molar-refractivity contribution is 0.757. The number of benzene rings is 3. The van der Waals surface area contributed by atoms with Gasteiger partial charge in [-0.2, -0.15) is 0 Å². The molecular weight excluding hydrogens is 577 g/mol. The van der Waals surface area contributed by atoms with E-state index in [1.54, 1.807) is 0 Å². The van der Waals surface area contributed by atoms with Crippen LogP contribution in [0.2, 0.25) is 0 Å². The van der Waals surface area contributed by atoms with Crippen LogP contribution in [0, 0.1) is 11.8 Å². The van der Waals surface area contributed by atoms with Gasteiger partial charge in [-0.3, -0.25) is 0 Å². The lowest BCUT2D eigenvalue weighted by atomic mass is 9.89. The van der Waals surface area contributed by atoms with Crippen LogP contribution >= 0.6 is 0 Å². The predicted molar refractivity (Wildman–Crippen MR) is 215 cm³/mol. The van der Waals surface area contributed by atoms with Gasteiger partial charge >= 0.3 is 0 Å². The zero-order valence-corrected chi connectivity index (χ0v) is 31.5. The van der Waals surface area contributed by atoms with Crippen molar-refractivity contribution in [2.75, 3.05) is 0 Å². The van der Waals surface area contributed by atoms with Crippen molar-refractivity contribution in [2.45, 2.75) is 157 Å². The molecule has 1 aliphatic rings. The summed E-state index contributed by atoms with van der Waals surface area (Å²) in [7, 11) is 0. The van der Waals surface area contributed by atoms with Gasteiger partial charge in [0.15, 0.2) is 0 Å². The molecule has 3 aromatic rings. The number of hydrogen-bond acceptors (Lipinski definition) is 0. The Labute approximate surface area is 295 Å². The summed E-state index contributed by atoms with van der Waals surface area (Å²) in [5, 5.41) is 0. The van der Waals surface area contributed by atoms with E-state index in [0.29, 0.717) is 0 Å². The molecule has 0 spiro atoms. The minimum Gasteiger partial charge on any atom is -0.0654 e. The standard InChI is InChI=1S/C48H64/c1-7-13-19-37-31-43-25-26-45-33-39(21-15-9-3)41(23-17-11-5)35-47(45)29-30-48-36-42(24-18-12-6)40(22-16-10-4)34-46(48)28-27-44(43)32-38(37)20-14-8-2/h25-28,31-36H,7-24H2,1-6H3/b26-25-,28-27-,43-25?,44-27?,45-26?,46-28?. The molecule has 4 rings (SSSR count). The third-order valence-electron chi connectivity index (χ3n) is 10.2. The molecule has 0 radical (unpaired) electrons. The van der Waals surface area contributed by atoms with Crippen molar-refractivity contribution in [1.82, 2.24) is 0 Å². The largest absolute Gasteiger partial charge is 0.0654 e. The van der Waals surface area contributed by atoms with Crippen molar-refractivity contribution in [2.24, 2.45) is 0 Å². The zero-order chi connectivity index (χ0) is 34.1. The second-order valence-electron chi connectivity index (χ2n) is 14.2. The van der Waals surface area contributed by atoms with Crippen molar-refractivity contribution in [1.29, 1.82) is 0 Å². The fourth-order valence-corrected chi connectivity index (χ4v) is 7.02. The summed E-state index contributed by atoms with van der Waals surface area (Å²) in [4.78, 5) is 0. The maximum Gasteiger partial charge on any atom is 0.0324 e. The Bertz CT molecular complexity index is 1460. The first kappa shape index (κ1) is 37.5. The van der Waals surface area contributed by atoms with Crippen molar-refractivity contribution in [3.8, 4) is 11.8 Å². The Morgan fingerprint density at radius 2 is 0.542 bits per heavy atom. The molecule has 1 aliphatic carbocycles. The highest BCUT2D eigenvalue weighted by atomic mass is 14.2. The predicted octanol–water partition coefficient (Wildman–Crippen LogP) is 13.8. The number of rotatable bonds is 18. The third kappa shape index (κ3) is 10.6. The molecule has 0 saturated heterocycles. The Hall–Kier alpha value is -3.30. The third-order valence-corrected chi connectivity index (χ3v) is 10.2. The van der Waals surface area contributed by atoms with E-state index in [0.717, 1.165) is 38.5 Å². The molecule has 0 aromatic heterocycles. The highest BCUT2D eigenvalue weighted by Gasteiger charge is 2.13. The monoisotopic (exact) mass is 641 g/mol. The Kier molecular flexibility index (Phi) is 15.8. The molecule has 0 fully saturated rings. The molecule has 0 amide bonds. The van der Waals surface area contributed by atoms with Crippen LogP contribution < -0.4 is 0 Å². The van der Waals surface area contributed by atoms with Gasteiger partial charge in [0.1, 0.15) is 0 Å². The van der Waals surface area contributed by atoms with Gasteiger partial charge in [-0.1, -0.05) is 140 Å². The Morgan fingerprint density at radius 3 is 0.812 bits per heavy atom. The molecular formula is C48H64. The van der Waals surface area contributed by atoms with Crippen LogP contribution in [0.1, 0.15) is 185 Å². The van der Waals surface area contributed by atoms with Crippen molar-refractivity contribution in [3.63, 3.8) is 0 Å². The molecule has 0 bridgehead atoms. The van der Waals surface area contributed by atoms with Gasteiger partial charge in [-0.25, -0.2) is 0 Å². The van der Waals surface area contributed by atoms with Gasteiger partial charge < -0.3 is 0 Å². The quantitative estimate of drug-likeness (QED) is 0.0949. The van der Waals surface area contributed by atoms with E-state index >= 15 is 0 Å². The zero-order valence-electron chi connectivity index (χ0n) is 31.5. The molecule has 0 heteroatoms. The molecule has 256 valence electrons. The normalized spacial score (nSPS) is 13.4. The first-order valence-corrected chi connectivity index (χ1v) is 19.9. The number of unbranched alkanes of at least 4 members (excludes halogenated alkanes) is 6. The molecule has 0 saturated carbocycles. The molecule has 0 atom stereocenters. The number of hydrogen-bond donors (Lipinski definition) is 0. The first-order chi connectivity index (χ1) is 23.5. The second kappa shape index (κ2) is 20.3. The topological polar surface area (TPSA) is 0 Å². The average molecular weight is 641 g/mol. The van der Waals surface area contributed by atoms with Crippen LogP contribution in [0.25, 0.3) is 24.3 Å². The molecule has 0 unspecified atom stereocenters. The average Bonchev–Trinajstić information content (AvgIpc) is 3.10. The van der Waals surface area contributed by atoms with E-state index < -0.39 is 0 Å². The van der Waals surface area contributed by atoms with Crippen LogP contribution in [-0.2, 0) is 38.5 Å². The SMILES string of the molecule is CCCCc1cc2c(cc1CCCC)/C=C\c1cc(CCCC)c(CCCC)cc1/C=C\c1cc(CCCC)c(CCCC)cc1C#C2. The van der Waals surface area contributed by atoms with Crippen molar-refractivity contribution < 1.29 is 0 Å². The Balaban J connectivity index is 1.99. The molecule has 0 heterocycles. The van der Waals surface area contributed by atoms with Gasteiger partial charge in [0.2, 0.25) is 0 Å². The lowest BCUT2D eigenvalue weighted by Gasteiger charge is -2.16. The van der Waals surface area contributed by atoms with E-state index in [1.807, 2.05) is 0 Å². The maximum atomic E-state index is 3.74. The summed E-state index contributed by atoms with van der Waals surface area (Å²) in [6, 6.07) is 14.9. The smallest absolute Gasteiger partial charge is 0.0324 e. The fraction of sp³-hybridized carbons (Fsp3) is 0.500. The van der Waals surface area contributed by atoms with E-state index in [4.69, 9.17) is 0 Å². The van der Waals surface area contributed by atoms with Gasteiger partial charge in [-0.05, 0) is 145 Å². The van der Waals surface area contributed by atoms with Crippen molar-refractivity contribution >= 4 is 24.3 Å². The summed E-state index contributed by atoms with van der Waals surface area (Å²) in [5.74, 6) is 7.49. The summed E-state index contributed by atoms with van der Waals surface area (Å²) < 4.78 is 0. The molecule has 0 aliphatic heterocycles. The van der Waals surface area contributed by atoms with Crippen LogP contribution in [0.4, 0.5) is 0 Å². The van der Waals surface area contributed by atoms with Gasteiger partial charge in [0.25, 0.3) is 0 Å². The number of fused-ring (bicyclic) bond motifs is 3. The van der Waals surface area contributed by atoms with Gasteiger partial charge in [-0.15, -0.1) is 0 Å². The molecule has 0 N–H and O–H groups in total. The lowest BCUT2D eigenvalue weighted by Crippen LogP contribution is -2.01. The fourth-order valence-electron chi connectivity index (χ4n) is 7.02. The minimum atomic E-state index is 1.14. The van der Waals surface area contributed by atoms with Gasteiger partial charge in [0.05, 0.1) is 0 Å². The summed E-state index contributed by atoms with van der Waals surface area (Å²) in [6.07, 6.45) is 31.1. The second-order valence-corrected chi connectivity index (χ2v) is 14.2. The van der Waals surface area contributed by atoms with E-state index in [1.165, 1.54) is 144 Å². The summed E-state index contributed by atoms with van der Waals surface area (Å²) >= 11 is 0. The molecule has 0 nitrogen and oxygen atoms in total. The van der Waals surface area contributed by atoms with Crippen molar-refractivity contribution in [3.05, 3.63) is 103 Å². The highest BCUT2D eigenvalue weighted by Crippen LogP contribution is 2.29. The van der Waals surface area contributed by atoms with Gasteiger partial charge in [0, 0.05) is 11.1 Å². The maximum absolute atomic E-state index is 3.74. The summed E-state index contributed by atoms with van der Waals surface area (Å²) in [5.41, 5.74) is 16.6. The van der Waals surface area contributed by atoms with Crippen LogP contribution in [0.15, 0.2) is 36.4 Å². The van der Waals surface area contributed by atoms with E-state index in [2.05, 4.69) is 114 Å². The minimum absolute atomic E-state index is 1.14. The molecule has 3 aromatic carbocycles. The summed E-state index contributed by atoms with van der Waals surface area (Å²) in [6.45, 7) is 13.8. The Morgan fingerprint density at radius 1 is 0.312 bits per heavy atom. The van der Waals surface area contributed by atoms with Crippen LogP contribution in [0.5, 0.6) is 0 Å².